The fourth-order valence-corrected chi connectivity index (χ4v) is 1.49. The van der Waals surface area contributed by atoms with E-state index in [2.05, 4.69) is 26.1 Å². The molecule has 0 bridgehead atoms. The zero-order valence-corrected chi connectivity index (χ0v) is 9.21. The van der Waals surface area contributed by atoms with Crippen molar-refractivity contribution >= 4 is 31.6 Å². The van der Waals surface area contributed by atoms with Gasteiger partial charge in [0.1, 0.15) is 0 Å². The molecule has 0 N–H and O–H groups in total. The van der Waals surface area contributed by atoms with E-state index in [1.807, 2.05) is 0 Å². The number of thiol groups is 1. The van der Waals surface area contributed by atoms with Crippen LogP contribution in [0.1, 0.15) is 13.8 Å². The molecule has 1 rings (SSSR count). The molecule has 1 fully saturated rings. The third-order valence-corrected chi connectivity index (χ3v) is 3.77. The van der Waals surface area contributed by atoms with Gasteiger partial charge in [-0.1, -0.05) is 25.4 Å². The van der Waals surface area contributed by atoms with Gasteiger partial charge < -0.3 is 9.47 Å². The third kappa shape index (κ3) is 2.74. The molecular formula is C6H12ClO2PS. The maximum absolute atomic E-state index is 5.88. The predicted octanol–water partition coefficient (Wildman–Crippen LogP) is 2.43. The Labute approximate surface area is 78.9 Å². The predicted molar refractivity (Wildman–Crippen MR) is 51.6 cm³/mol. The zero-order chi connectivity index (χ0) is 8.54. The molecular weight excluding hydrogens is 203 g/mol. The van der Waals surface area contributed by atoms with Gasteiger partial charge in [-0.25, -0.2) is 0 Å². The molecule has 0 saturated carbocycles. The van der Waals surface area contributed by atoms with Gasteiger partial charge in [0.25, 0.3) is 4.99 Å². The number of halogens is 1. The Morgan fingerprint density at radius 3 is 2.18 bits per heavy atom. The Hall–Kier alpha value is 0.990. The minimum absolute atomic E-state index is 0.0752. The molecule has 1 aliphatic rings. The molecule has 66 valence electrons. The first-order valence-electron chi connectivity index (χ1n) is 3.36. The van der Waals surface area contributed by atoms with Crippen LogP contribution in [-0.2, 0) is 9.47 Å². The van der Waals surface area contributed by atoms with Gasteiger partial charge in [0.2, 0.25) is 0 Å². The van der Waals surface area contributed by atoms with E-state index < -0.39 is 4.99 Å². The molecule has 2 nitrogen and oxygen atoms in total. The standard InChI is InChI=1S/C6H12ClO2PS/c1-5(2)3-8-6(7,10-11)9-4-5/h10-11H,3-4H2,1-2H3. The van der Waals surface area contributed by atoms with E-state index in [1.54, 1.807) is 0 Å². The molecule has 1 saturated heterocycles. The number of hydrogen-bond acceptors (Lipinski definition) is 3. The molecule has 1 heterocycles. The first-order chi connectivity index (χ1) is 4.97. The van der Waals surface area contributed by atoms with Crippen LogP contribution < -0.4 is 0 Å². The first-order valence-corrected chi connectivity index (χ1v) is 6.02. The lowest BCUT2D eigenvalue weighted by molar-refractivity contribution is -0.202. The quantitative estimate of drug-likeness (QED) is 0.411. The highest BCUT2D eigenvalue weighted by molar-refractivity contribution is 8.38. The van der Waals surface area contributed by atoms with Crippen molar-refractivity contribution in [3.05, 3.63) is 0 Å². The highest BCUT2D eigenvalue weighted by atomic mass is 35.5. The molecule has 0 amide bonds. The van der Waals surface area contributed by atoms with E-state index in [9.17, 15) is 0 Å². The van der Waals surface area contributed by atoms with Crippen molar-refractivity contribution in [2.75, 3.05) is 13.2 Å². The van der Waals surface area contributed by atoms with Crippen LogP contribution in [0.2, 0.25) is 0 Å². The van der Waals surface area contributed by atoms with Crippen LogP contribution in [-0.4, -0.2) is 18.2 Å². The van der Waals surface area contributed by atoms with Crippen LogP contribution in [0.3, 0.4) is 0 Å². The Bertz CT molecular complexity index is 144. The smallest absolute Gasteiger partial charge is 0.273 e. The molecule has 0 radical (unpaired) electrons. The summed E-state index contributed by atoms with van der Waals surface area (Å²) in [5.41, 5.74) is 0.0752. The van der Waals surface area contributed by atoms with Crippen molar-refractivity contribution < 1.29 is 9.47 Å². The first kappa shape index (κ1) is 10.1. The van der Waals surface area contributed by atoms with Crippen LogP contribution in [0.5, 0.6) is 0 Å². The van der Waals surface area contributed by atoms with E-state index in [1.165, 1.54) is 0 Å². The number of rotatable bonds is 1. The molecule has 1 atom stereocenters. The van der Waals surface area contributed by atoms with Crippen LogP contribution >= 0.6 is 31.6 Å². The summed E-state index contributed by atoms with van der Waals surface area (Å²) in [6.45, 7) is 5.41. The van der Waals surface area contributed by atoms with Crippen molar-refractivity contribution in [2.24, 2.45) is 5.41 Å². The van der Waals surface area contributed by atoms with Crippen molar-refractivity contribution in [1.82, 2.24) is 0 Å². The largest absolute Gasteiger partial charge is 0.333 e. The summed E-state index contributed by atoms with van der Waals surface area (Å²) in [5.74, 6) is 0. The van der Waals surface area contributed by atoms with Gasteiger partial charge in [0, 0.05) is 13.2 Å². The molecule has 11 heavy (non-hydrogen) atoms. The SMILES string of the molecule is CC1(C)COC(Cl)(PS)OC1. The van der Waals surface area contributed by atoms with E-state index in [0.717, 1.165) is 0 Å². The highest BCUT2D eigenvalue weighted by Crippen LogP contribution is 2.45. The summed E-state index contributed by atoms with van der Waals surface area (Å²) in [6.07, 6.45) is 0. The lowest BCUT2D eigenvalue weighted by atomic mass is 9.96. The maximum Gasteiger partial charge on any atom is 0.273 e. The lowest BCUT2D eigenvalue weighted by Gasteiger charge is -2.38. The van der Waals surface area contributed by atoms with Crippen molar-refractivity contribution in [1.29, 1.82) is 0 Å². The van der Waals surface area contributed by atoms with Gasteiger partial charge in [-0.15, -0.1) is 12.2 Å². The van der Waals surface area contributed by atoms with E-state index in [0.29, 0.717) is 13.2 Å². The topological polar surface area (TPSA) is 18.5 Å². The second-order valence-corrected chi connectivity index (χ2v) is 5.76. The second-order valence-electron chi connectivity index (χ2n) is 3.39. The lowest BCUT2D eigenvalue weighted by Crippen LogP contribution is -2.40. The van der Waals surface area contributed by atoms with E-state index in [4.69, 9.17) is 21.1 Å². The van der Waals surface area contributed by atoms with Gasteiger partial charge in [-0.2, -0.15) is 0 Å². The van der Waals surface area contributed by atoms with Gasteiger partial charge in [-0.3, -0.25) is 0 Å². The Morgan fingerprint density at radius 1 is 1.36 bits per heavy atom. The molecule has 5 heteroatoms. The number of alkyl halides is 1. The van der Waals surface area contributed by atoms with Crippen LogP contribution in [0, 0.1) is 5.41 Å². The maximum atomic E-state index is 5.88. The average molecular weight is 215 g/mol. The summed E-state index contributed by atoms with van der Waals surface area (Å²) >= 11 is 9.93. The van der Waals surface area contributed by atoms with Crippen LogP contribution in [0.25, 0.3) is 0 Å². The molecule has 0 spiro atoms. The van der Waals surface area contributed by atoms with Gasteiger partial charge in [0.15, 0.2) is 0 Å². The number of hydrogen-bond donors (Lipinski definition) is 1. The fraction of sp³-hybridized carbons (Fsp3) is 1.00. The fourth-order valence-electron chi connectivity index (χ4n) is 0.724. The molecule has 0 aliphatic carbocycles. The molecule has 0 aromatic carbocycles. The molecule has 1 unspecified atom stereocenters. The van der Waals surface area contributed by atoms with Gasteiger partial charge >= 0.3 is 0 Å². The van der Waals surface area contributed by atoms with Crippen molar-refractivity contribution in [3.8, 4) is 0 Å². The van der Waals surface area contributed by atoms with Gasteiger partial charge in [-0.05, 0) is 0 Å². The Morgan fingerprint density at radius 2 is 1.82 bits per heavy atom. The molecule has 0 aromatic rings. The normalized spacial score (nSPS) is 29.5. The van der Waals surface area contributed by atoms with Crippen LogP contribution in [0.15, 0.2) is 0 Å². The highest BCUT2D eigenvalue weighted by Gasteiger charge is 2.38. The summed E-state index contributed by atoms with van der Waals surface area (Å²) in [4.78, 5) is -0.960. The van der Waals surface area contributed by atoms with E-state index in [-0.39, 0.29) is 13.2 Å². The second kappa shape index (κ2) is 3.39. The van der Waals surface area contributed by atoms with Crippen molar-refractivity contribution in [3.63, 3.8) is 0 Å². The zero-order valence-electron chi connectivity index (χ0n) is 6.56. The summed E-state index contributed by atoms with van der Waals surface area (Å²) in [7, 11) is 0.151. The monoisotopic (exact) mass is 214 g/mol. The minimum atomic E-state index is -0.960. The molecule has 0 aromatic heterocycles. The average Bonchev–Trinajstić information content (AvgIpc) is 1.97. The third-order valence-electron chi connectivity index (χ3n) is 1.43. The Balaban J connectivity index is 2.48. The summed E-state index contributed by atoms with van der Waals surface area (Å²) in [5, 5.41) is 0. The summed E-state index contributed by atoms with van der Waals surface area (Å²) < 4.78 is 10.6. The van der Waals surface area contributed by atoms with Gasteiger partial charge in [0.05, 0.1) is 13.2 Å². The molecule has 1 aliphatic heterocycles. The van der Waals surface area contributed by atoms with E-state index >= 15 is 0 Å². The van der Waals surface area contributed by atoms with Crippen LogP contribution in [0.4, 0.5) is 0 Å². The number of ether oxygens (including phenoxy) is 2. The Kier molecular flexibility index (Phi) is 3.10. The minimum Gasteiger partial charge on any atom is -0.333 e. The summed E-state index contributed by atoms with van der Waals surface area (Å²) in [6, 6.07) is 0. The van der Waals surface area contributed by atoms with Crippen molar-refractivity contribution in [2.45, 2.75) is 18.8 Å².